The third kappa shape index (κ3) is 1.91. The van der Waals surface area contributed by atoms with Gasteiger partial charge in [0.15, 0.2) is 0 Å². The quantitative estimate of drug-likeness (QED) is 0.707. The van der Waals surface area contributed by atoms with Crippen LogP contribution in [0.1, 0.15) is 0 Å². The van der Waals surface area contributed by atoms with Gasteiger partial charge >= 0.3 is 87.8 Å². The van der Waals surface area contributed by atoms with Crippen molar-refractivity contribution in [2.45, 2.75) is 14.8 Å². The maximum absolute atomic E-state index is 2.47. The average Bonchev–Trinajstić information content (AvgIpc) is 2.45. The van der Waals surface area contributed by atoms with Crippen molar-refractivity contribution in [2.75, 3.05) is 0 Å². The van der Waals surface area contributed by atoms with Crippen LogP contribution in [0, 0.1) is 0 Å². The van der Waals surface area contributed by atoms with Gasteiger partial charge in [0, 0.05) is 0 Å². The average molecular weight is 297 g/mol. The van der Waals surface area contributed by atoms with Crippen molar-refractivity contribution in [3.8, 4) is 0 Å². The number of benzene rings is 1. The topological polar surface area (TPSA) is 0 Å². The van der Waals surface area contributed by atoms with E-state index in [1.54, 1.807) is 2.89 Å². The predicted octanol–water partition coefficient (Wildman–Crippen LogP) is 3.45. The molecule has 0 radical (unpaired) electrons. The van der Waals surface area contributed by atoms with E-state index in [2.05, 4.69) is 45.2 Å². The van der Waals surface area contributed by atoms with Crippen molar-refractivity contribution in [1.29, 1.82) is 0 Å². The zero-order valence-corrected chi connectivity index (χ0v) is 12.0. The Morgan fingerprint density at radius 1 is 1.08 bits per heavy atom. The van der Waals surface area contributed by atoms with Gasteiger partial charge in [-0.05, 0) is 0 Å². The minimum atomic E-state index is -1.80. The first-order valence-corrected chi connectivity index (χ1v) is 15.4. The summed E-state index contributed by atoms with van der Waals surface area (Å²) in [5.74, 6) is 0. The second-order valence-corrected chi connectivity index (χ2v) is 20.9. The molecular weight excluding hydrogens is 283 g/mol. The zero-order chi connectivity index (χ0) is 9.47. The van der Waals surface area contributed by atoms with Gasteiger partial charge in [-0.25, -0.2) is 0 Å². The normalized spacial score (nSPS) is 12.2. The van der Waals surface area contributed by atoms with Crippen LogP contribution in [-0.2, 0) is 0 Å². The molecule has 0 amide bonds. The summed E-state index contributed by atoms with van der Waals surface area (Å²) in [4.78, 5) is 7.41. The Hall–Kier alpha value is -0.0213. The molecule has 0 bridgehead atoms. The molecule has 13 heavy (non-hydrogen) atoms. The summed E-state index contributed by atoms with van der Waals surface area (Å²) >= 11 is 0.193. The standard InChI is InChI=1S/C8H5S.3CH3.Sn/c1-2-4-8-7(3-1)5-6-9-8;;;;/h1-5H;3*1H3;. The molecule has 68 valence electrons. The van der Waals surface area contributed by atoms with E-state index in [0.29, 0.717) is 0 Å². The van der Waals surface area contributed by atoms with Crippen LogP contribution in [0.3, 0.4) is 0 Å². The summed E-state index contributed by atoms with van der Waals surface area (Å²) in [6.45, 7) is 0. The monoisotopic (exact) mass is 298 g/mol. The van der Waals surface area contributed by atoms with Crippen molar-refractivity contribution in [2.24, 2.45) is 0 Å². The molecule has 2 aromatic rings. The van der Waals surface area contributed by atoms with Crippen LogP contribution < -0.4 is 2.89 Å². The van der Waals surface area contributed by atoms with Gasteiger partial charge in [0.1, 0.15) is 0 Å². The predicted molar refractivity (Wildman–Crippen MR) is 64.8 cm³/mol. The summed E-state index contributed by atoms with van der Waals surface area (Å²) in [7, 11) is 0. The van der Waals surface area contributed by atoms with Gasteiger partial charge < -0.3 is 0 Å². The minimum absolute atomic E-state index is 1.43. The molecule has 0 N–H and O–H groups in total. The van der Waals surface area contributed by atoms with Gasteiger partial charge in [0.25, 0.3) is 0 Å². The molecule has 0 unspecified atom stereocenters. The van der Waals surface area contributed by atoms with Gasteiger partial charge in [0.2, 0.25) is 0 Å². The molecule has 0 aliphatic heterocycles. The fraction of sp³-hybridized carbons (Fsp3) is 0.273. The van der Waals surface area contributed by atoms with E-state index in [1.807, 2.05) is 11.3 Å². The van der Waals surface area contributed by atoms with E-state index in [9.17, 15) is 0 Å². The SMILES string of the molecule is [CH3][Sn]([CH3])([CH3])[c]1cc2ccccc2s1. The Bertz CT molecular complexity index is 390. The summed E-state index contributed by atoms with van der Waals surface area (Å²) in [6, 6.07) is 11.1. The molecule has 2 rings (SSSR count). The molecule has 1 aromatic heterocycles. The van der Waals surface area contributed by atoms with E-state index < -0.39 is 18.4 Å². The zero-order valence-electron chi connectivity index (χ0n) is 8.29. The summed E-state index contributed by atoms with van der Waals surface area (Å²) < 4.78 is 3.12. The molecule has 0 fully saturated rings. The van der Waals surface area contributed by atoms with E-state index in [4.69, 9.17) is 0 Å². The molecule has 0 spiro atoms. The molecule has 0 nitrogen and oxygen atoms in total. The van der Waals surface area contributed by atoms with Gasteiger partial charge in [0.05, 0.1) is 0 Å². The first-order valence-electron chi connectivity index (χ1n) is 4.56. The number of fused-ring (bicyclic) bond motifs is 1. The fourth-order valence-corrected chi connectivity index (χ4v) is 7.71. The summed E-state index contributed by atoms with van der Waals surface area (Å²) in [5.41, 5.74) is 0. The van der Waals surface area contributed by atoms with Crippen LogP contribution in [-0.4, -0.2) is 18.4 Å². The Morgan fingerprint density at radius 2 is 1.77 bits per heavy atom. The second kappa shape index (κ2) is 3.28. The Balaban J connectivity index is 2.63. The van der Waals surface area contributed by atoms with Crippen LogP contribution in [0.15, 0.2) is 30.3 Å². The van der Waals surface area contributed by atoms with Crippen molar-refractivity contribution in [3.05, 3.63) is 30.3 Å². The van der Waals surface area contributed by atoms with Crippen molar-refractivity contribution >= 4 is 42.7 Å². The molecular formula is C11H14SSn. The van der Waals surface area contributed by atoms with Crippen LogP contribution >= 0.6 is 11.3 Å². The molecule has 0 saturated heterocycles. The van der Waals surface area contributed by atoms with Gasteiger partial charge in [-0.3, -0.25) is 0 Å². The first kappa shape index (κ1) is 9.53. The molecule has 0 atom stereocenters. The van der Waals surface area contributed by atoms with E-state index in [0.717, 1.165) is 0 Å². The Labute approximate surface area is 87.5 Å². The number of hydrogen-bond acceptors (Lipinski definition) is 1. The third-order valence-corrected chi connectivity index (χ3v) is 12.7. The molecule has 0 aliphatic carbocycles. The molecule has 1 aromatic carbocycles. The van der Waals surface area contributed by atoms with Crippen LogP contribution in [0.25, 0.3) is 10.1 Å². The molecule has 0 saturated carbocycles. The first-order chi connectivity index (χ1) is 6.07. The number of rotatable bonds is 1. The van der Waals surface area contributed by atoms with E-state index >= 15 is 0 Å². The number of hydrogen-bond donors (Lipinski definition) is 0. The molecule has 2 heteroatoms. The Kier molecular flexibility index (Phi) is 2.41. The van der Waals surface area contributed by atoms with Crippen LogP contribution in [0.2, 0.25) is 14.8 Å². The molecule has 1 heterocycles. The van der Waals surface area contributed by atoms with Gasteiger partial charge in [-0.15, -0.1) is 0 Å². The Morgan fingerprint density at radius 3 is 2.38 bits per heavy atom. The maximum atomic E-state index is 2.47. The van der Waals surface area contributed by atoms with Gasteiger partial charge in [-0.2, -0.15) is 0 Å². The fourth-order valence-electron chi connectivity index (χ4n) is 1.35. The van der Waals surface area contributed by atoms with E-state index in [1.165, 1.54) is 10.1 Å². The van der Waals surface area contributed by atoms with Gasteiger partial charge in [-0.1, -0.05) is 0 Å². The molecule has 0 aliphatic rings. The van der Waals surface area contributed by atoms with Crippen molar-refractivity contribution in [3.63, 3.8) is 0 Å². The second-order valence-electron chi connectivity index (χ2n) is 4.40. The van der Waals surface area contributed by atoms with Crippen molar-refractivity contribution < 1.29 is 0 Å². The third-order valence-electron chi connectivity index (χ3n) is 2.16. The van der Waals surface area contributed by atoms with E-state index in [-0.39, 0.29) is 0 Å². The summed E-state index contributed by atoms with van der Waals surface area (Å²) in [5, 5.41) is 1.43. The van der Waals surface area contributed by atoms with Crippen LogP contribution in [0.5, 0.6) is 0 Å². The van der Waals surface area contributed by atoms with Crippen molar-refractivity contribution in [1.82, 2.24) is 0 Å². The van der Waals surface area contributed by atoms with Crippen LogP contribution in [0.4, 0.5) is 0 Å². The number of thiophene rings is 1. The summed E-state index contributed by atoms with van der Waals surface area (Å²) in [6.07, 6.45) is 0.